The number of amides is 1. The summed E-state index contributed by atoms with van der Waals surface area (Å²) in [6.07, 6.45) is 6.67. The molecule has 2 heterocycles. The Morgan fingerprint density at radius 2 is 1.96 bits per heavy atom. The van der Waals surface area contributed by atoms with E-state index in [1.54, 1.807) is 13.2 Å². The van der Waals surface area contributed by atoms with Crippen molar-refractivity contribution in [1.82, 2.24) is 9.80 Å². The van der Waals surface area contributed by atoms with E-state index in [4.69, 9.17) is 9.47 Å². The van der Waals surface area contributed by atoms with Gasteiger partial charge in [-0.15, -0.1) is 0 Å². The number of piperidine rings is 1. The summed E-state index contributed by atoms with van der Waals surface area (Å²) in [4.78, 5) is 17.2. The summed E-state index contributed by atoms with van der Waals surface area (Å²) in [6, 6.07) is 8.68. The predicted molar refractivity (Wildman–Crippen MR) is 107 cm³/mol. The Bertz CT molecular complexity index is 623. The van der Waals surface area contributed by atoms with Gasteiger partial charge in [-0.3, -0.25) is 9.69 Å². The lowest BCUT2D eigenvalue weighted by molar-refractivity contribution is -0.134. The minimum Gasteiger partial charge on any atom is -0.379 e. The van der Waals surface area contributed by atoms with Crippen molar-refractivity contribution < 1.29 is 14.3 Å². The van der Waals surface area contributed by atoms with Crippen LogP contribution in [0.3, 0.4) is 0 Å². The number of nitrogens with zero attached hydrogens (tertiary/aromatic N) is 2. The summed E-state index contributed by atoms with van der Waals surface area (Å²) in [5, 5.41) is 0. The van der Waals surface area contributed by atoms with Crippen LogP contribution >= 0.6 is 0 Å². The van der Waals surface area contributed by atoms with Gasteiger partial charge < -0.3 is 14.4 Å². The molecule has 2 aliphatic heterocycles. The van der Waals surface area contributed by atoms with Crippen molar-refractivity contribution in [3.05, 3.63) is 47.5 Å². The highest BCUT2D eigenvalue weighted by Gasteiger charge is 2.33. The van der Waals surface area contributed by atoms with Crippen molar-refractivity contribution in [1.29, 1.82) is 0 Å². The molecule has 2 fully saturated rings. The first-order chi connectivity index (χ1) is 13.2. The largest absolute Gasteiger partial charge is 0.379 e. The van der Waals surface area contributed by atoms with Gasteiger partial charge in [0.2, 0.25) is 5.91 Å². The Labute approximate surface area is 162 Å². The van der Waals surface area contributed by atoms with Gasteiger partial charge in [-0.2, -0.15) is 0 Å². The summed E-state index contributed by atoms with van der Waals surface area (Å²) in [5.74, 6) is 0.0992. The Hall–Kier alpha value is -1.69. The number of likely N-dealkylation sites (tertiary alicyclic amines) is 1. The predicted octanol–water partition coefficient (Wildman–Crippen LogP) is 2.43. The number of methoxy groups -OCH3 is 1. The third-order valence-electron chi connectivity index (χ3n) is 5.60. The Morgan fingerprint density at radius 1 is 1.22 bits per heavy atom. The molecule has 0 saturated carbocycles. The highest BCUT2D eigenvalue weighted by molar-refractivity contribution is 5.88. The van der Waals surface area contributed by atoms with Crippen LogP contribution in [0.5, 0.6) is 0 Å². The van der Waals surface area contributed by atoms with Crippen LogP contribution in [0.15, 0.2) is 36.4 Å². The number of carbonyl (C=O) groups is 1. The van der Waals surface area contributed by atoms with E-state index in [1.165, 1.54) is 11.1 Å². The van der Waals surface area contributed by atoms with Gasteiger partial charge >= 0.3 is 0 Å². The average Bonchev–Trinajstić information content (AvgIpc) is 2.70. The van der Waals surface area contributed by atoms with Crippen molar-refractivity contribution in [2.24, 2.45) is 0 Å². The van der Waals surface area contributed by atoms with Crippen LogP contribution in [0.2, 0.25) is 0 Å². The van der Waals surface area contributed by atoms with E-state index in [0.29, 0.717) is 0 Å². The topological polar surface area (TPSA) is 42.0 Å². The molecule has 1 aromatic rings. The van der Waals surface area contributed by atoms with E-state index in [2.05, 4.69) is 36.1 Å². The molecule has 0 radical (unpaired) electrons. The number of carbonyl (C=O) groups excluding carboxylic acids is 1. The SMILES string of the molecule is CO[C@H]1CCCN(C(=O)/C=C/CN2CCOCC2)[C@H]1Cc1ccc(C)cc1. The van der Waals surface area contributed by atoms with Crippen molar-refractivity contribution in [3.63, 3.8) is 0 Å². The van der Waals surface area contributed by atoms with Crippen LogP contribution in [-0.2, 0) is 20.7 Å². The van der Waals surface area contributed by atoms with E-state index in [-0.39, 0.29) is 18.1 Å². The molecule has 1 aromatic carbocycles. The van der Waals surface area contributed by atoms with Gasteiger partial charge in [0.05, 0.1) is 25.4 Å². The summed E-state index contributed by atoms with van der Waals surface area (Å²) in [7, 11) is 1.76. The van der Waals surface area contributed by atoms with Crippen molar-refractivity contribution in [2.45, 2.75) is 38.3 Å². The Kier molecular flexibility index (Phi) is 7.44. The van der Waals surface area contributed by atoms with E-state index in [0.717, 1.165) is 58.7 Å². The molecule has 27 heavy (non-hydrogen) atoms. The fourth-order valence-electron chi connectivity index (χ4n) is 3.96. The number of hydrogen-bond donors (Lipinski definition) is 0. The zero-order chi connectivity index (χ0) is 19.1. The van der Waals surface area contributed by atoms with Gasteiger partial charge in [-0.05, 0) is 31.7 Å². The first kappa shape index (κ1) is 20.1. The molecule has 5 nitrogen and oxygen atoms in total. The summed E-state index contributed by atoms with van der Waals surface area (Å²) in [5.41, 5.74) is 2.51. The molecule has 3 rings (SSSR count). The number of rotatable bonds is 6. The zero-order valence-electron chi connectivity index (χ0n) is 16.6. The molecule has 0 aromatic heterocycles. The van der Waals surface area contributed by atoms with Gasteiger partial charge in [0.15, 0.2) is 0 Å². The van der Waals surface area contributed by atoms with Gasteiger partial charge in [-0.25, -0.2) is 0 Å². The van der Waals surface area contributed by atoms with Crippen LogP contribution in [-0.4, -0.2) is 74.4 Å². The normalized spacial score (nSPS) is 24.4. The maximum absolute atomic E-state index is 12.9. The second kappa shape index (κ2) is 10.0. The smallest absolute Gasteiger partial charge is 0.246 e. The zero-order valence-corrected chi connectivity index (χ0v) is 16.6. The third-order valence-corrected chi connectivity index (χ3v) is 5.60. The Morgan fingerprint density at radius 3 is 2.67 bits per heavy atom. The summed E-state index contributed by atoms with van der Waals surface area (Å²) < 4.78 is 11.1. The molecule has 148 valence electrons. The van der Waals surface area contributed by atoms with Gasteiger partial charge in [0.25, 0.3) is 0 Å². The maximum Gasteiger partial charge on any atom is 0.246 e. The monoisotopic (exact) mass is 372 g/mol. The van der Waals surface area contributed by atoms with Crippen LogP contribution in [0.1, 0.15) is 24.0 Å². The Balaban J connectivity index is 1.64. The summed E-state index contributed by atoms with van der Waals surface area (Å²) in [6.45, 7) is 7.13. The van der Waals surface area contributed by atoms with E-state index >= 15 is 0 Å². The van der Waals surface area contributed by atoms with Crippen molar-refractivity contribution in [2.75, 3.05) is 46.5 Å². The van der Waals surface area contributed by atoms with Crippen molar-refractivity contribution >= 4 is 5.91 Å². The summed E-state index contributed by atoms with van der Waals surface area (Å²) >= 11 is 0. The van der Waals surface area contributed by atoms with E-state index in [9.17, 15) is 4.79 Å². The lowest BCUT2D eigenvalue weighted by atomic mass is 9.92. The molecule has 2 aliphatic rings. The van der Waals surface area contributed by atoms with Crippen LogP contribution in [0.25, 0.3) is 0 Å². The van der Waals surface area contributed by atoms with Crippen LogP contribution in [0.4, 0.5) is 0 Å². The number of benzene rings is 1. The standard InChI is InChI=1S/C22H32N2O3/c1-18-7-9-19(10-8-18)17-20-21(26-2)5-3-12-24(20)22(25)6-4-11-23-13-15-27-16-14-23/h4,6-10,20-21H,3,5,11-17H2,1-2H3/b6-4+/t20-,21-/m0/s1. The minimum atomic E-state index is 0.0898. The quantitative estimate of drug-likeness (QED) is 0.720. The van der Waals surface area contributed by atoms with Crippen LogP contribution in [0, 0.1) is 6.92 Å². The van der Waals surface area contributed by atoms with Gasteiger partial charge in [0.1, 0.15) is 0 Å². The number of hydrogen-bond acceptors (Lipinski definition) is 4. The second-order valence-corrected chi connectivity index (χ2v) is 7.52. The maximum atomic E-state index is 12.9. The van der Waals surface area contributed by atoms with Gasteiger partial charge in [-0.1, -0.05) is 35.9 Å². The fraction of sp³-hybridized carbons (Fsp3) is 0.591. The molecule has 0 N–H and O–H groups in total. The second-order valence-electron chi connectivity index (χ2n) is 7.52. The van der Waals surface area contributed by atoms with Gasteiger partial charge in [0, 0.05) is 39.4 Å². The molecule has 2 atom stereocenters. The highest BCUT2D eigenvalue weighted by atomic mass is 16.5. The van der Waals surface area contributed by atoms with E-state index < -0.39 is 0 Å². The number of morpholine rings is 1. The molecule has 0 aliphatic carbocycles. The number of ether oxygens (including phenoxy) is 2. The molecule has 5 heteroatoms. The molecule has 1 amide bonds. The first-order valence-corrected chi connectivity index (χ1v) is 10.0. The number of aryl methyl sites for hydroxylation is 1. The molecular weight excluding hydrogens is 340 g/mol. The van der Waals surface area contributed by atoms with Crippen molar-refractivity contribution in [3.8, 4) is 0 Å². The lowest BCUT2D eigenvalue weighted by Gasteiger charge is -2.40. The molecule has 0 unspecified atom stereocenters. The average molecular weight is 373 g/mol. The minimum absolute atomic E-state index is 0.0898. The van der Waals surface area contributed by atoms with E-state index in [1.807, 2.05) is 11.0 Å². The lowest BCUT2D eigenvalue weighted by Crippen LogP contribution is -2.52. The molecular formula is C22H32N2O3. The molecule has 0 bridgehead atoms. The molecule has 2 saturated heterocycles. The molecule has 0 spiro atoms. The highest BCUT2D eigenvalue weighted by Crippen LogP contribution is 2.24. The van der Waals surface area contributed by atoms with Crippen LogP contribution < -0.4 is 0 Å². The third kappa shape index (κ3) is 5.64. The first-order valence-electron chi connectivity index (χ1n) is 10.0. The fourth-order valence-corrected chi connectivity index (χ4v) is 3.96.